The largest absolute Gasteiger partial charge is 0.354 e. The van der Waals surface area contributed by atoms with Crippen molar-refractivity contribution >= 4 is 22.3 Å². The lowest BCUT2D eigenvalue weighted by Gasteiger charge is -2.10. The number of para-hydroxylation sites is 1. The molecule has 0 aliphatic heterocycles. The Bertz CT molecular complexity index is 760. The third-order valence-corrected chi connectivity index (χ3v) is 2.85. The monoisotopic (exact) mass is 246 g/mol. The molecule has 2 aromatic heterocycles. The van der Waals surface area contributed by atoms with Crippen LogP contribution in [0, 0.1) is 11.3 Å². The van der Waals surface area contributed by atoms with E-state index < -0.39 is 0 Å². The fourth-order valence-electron chi connectivity index (χ4n) is 1.94. The zero-order valence-corrected chi connectivity index (χ0v) is 10.0. The molecule has 3 rings (SSSR count). The Kier molecular flexibility index (Phi) is 2.79. The van der Waals surface area contributed by atoms with Crippen molar-refractivity contribution < 1.29 is 0 Å². The van der Waals surface area contributed by atoms with Crippen molar-refractivity contribution in [3.8, 4) is 6.07 Å². The highest BCUT2D eigenvalue weighted by molar-refractivity contribution is 5.95. The summed E-state index contributed by atoms with van der Waals surface area (Å²) in [6.45, 7) is 0. The van der Waals surface area contributed by atoms with E-state index in [0.29, 0.717) is 5.56 Å². The molecule has 0 bridgehead atoms. The molecule has 0 unspecified atom stereocenters. The Labute approximate surface area is 110 Å². The Hall–Kier alpha value is -2.93. The quantitative estimate of drug-likeness (QED) is 0.754. The second kappa shape index (κ2) is 4.75. The standard InChI is InChI=1S/C15H10N4/c16-9-11-10-18-14-4-2-1-3-13(14)15(11)19-12-5-7-17-8-6-12/h1-8,10H,(H,17,18,19). The maximum Gasteiger partial charge on any atom is 0.103 e. The highest BCUT2D eigenvalue weighted by Crippen LogP contribution is 2.28. The predicted octanol–water partition coefficient (Wildman–Crippen LogP) is 3.25. The minimum absolute atomic E-state index is 0.524. The molecule has 0 saturated carbocycles. The lowest BCUT2D eigenvalue weighted by molar-refractivity contribution is 1.32. The first kappa shape index (κ1) is 11.2. The second-order valence-corrected chi connectivity index (χ2v) is 4.04. The van der Waals surface area contributed by atoms with Gasteiger partial charge in [-0.3, -0.25) is 9.97 Å². The van der Waals surface area contributed by atoms with E-state index in [1.807, 2.05) is 36.4 Å². The highest BCUT2D eigenvalue weighted by atomic mass is 14.9. The van der Waals surface area contributed by atoms with Gasteiger partial charge in [-0.1, -0.05) is 18.2 Å². The molecule has 0 fully saturated rings. The third kappa shape index (κ3) is 2.09. The van der Waals surface area contributed by atoms with Gasteiger partial charge in [0, 0.05) is 29.7 Å². The number of pyridine rings is 2. The van der Waals surface area contributed by atoms with E-state index in [2.05, 4.69) is 21.4 Å². The van der Waals surface area contributed by atoms with Crippen LogP contribution in [0.5, 0.6) is 0 Å². The van der Waals surface area contributed by atoms with E-state index in [-0.39, 0.29) is 0 Å². The number of aromatic nitrogens is 2. The number of hydrogen-bond donors (Lipinski definition) is 1. The molecule has 0 saturated heterocycles. The van der Waals surface area contributed by atoms with Crippen molar-refractivity contribution in [3.63, 3.8) is 0 Å². The second-order valence-electron chi connectivity index (χ2n) is 4.04. The molecule has 1 aromatic carbocycles. The number of benzene rings is 1. The zero-order valence-electron chi connectivity index (χ0n) is 10.0. The Morgan fingerprint density at radius 1 is 1.05 bits per heavy atom. The summed E-state index contributed by atoms with van der Waals surface area (Å²) in [6.07, 6.45) is 5.00. The molecule has 0 spiro atoms. The molecule has 19 heavy (non-hydrogen) atoms. The number of nitrogens with zero attached hydrogens (tertiary/aromatic N) is 3. The van der Waals surface area contributed by atoms with Gasteiger partial charge in [-0.05, 0) is 18.2 Å². The summed E-state index contributed by atoms with van der Waals surface area (Å²) >= 11 is 0. The van der Waals surface area contributed by atoms with Gasteiger partial charge in [0.15, 0.2) is 0 Å². The Balaban J connectivity index is 2.18. The van der Waals surface area contributed by atoms with Crippen LogP contribution in [-0.4, -0.2) is 9.97 Å². The number of fused-ring (bicyclic) bond motifs is 1. The van der Waals surface area contributed by atoms with Crippen LogP contribution in [0.4, 0.5) is 11.4 Å². The first-order valence-corrected chi connectivity index (χ1v) is 5.83. The molecule has 1 N–H and O–H groups in total. The van der Waals surface area contributed by atoms with Crippen LogP contribution >= 0.6 is 0 Å². The number of nitriles is 1. The van der Waals surface area contributed by atoms with Crippen molar-refractivity contribution in [2.24, 2.45) is 0 Å². The van der Waals surface area contributed by atoms with Crippen LogP contribution in [0.15, 0.2) is 55.0 Å². The van der Waals surface area contributed by atoms with E-state index in [4.69, 9.17) is 0 Å². The zero-order chi connectivity index (χ0) is 13.1. The molecule has 4 nitrogen and oxygen atoms in total. The highest BCUT2D eigenvalue weighted by Gasteiger charge is 2.08. The number of rotatable bonds is 2. The van der Waals surface area contributed by atoms with Gasteiger partial charge in [-0.15, -0.1) is 0 Å². The maximum absolute atomic E-state index is 9.21. The average molecular weight is 246 g/mol. The van der Waals surface area contributed by atoms with Gasteiger partial charge in [0.2, 0.25) is 0 Å². The SMILES string of the molecule is N#Cc1cnc2ccccc2c1Nc1ccncc1. The number of hydrogen-bond acceptors (Lipinski definition) is 4. The molecule has 90 valence electrons. The molecule has 0 atom stereocenters. The van der Waals surface area contributed by atoms with Crippen LogP contribution < -0.4 is 5.32 Å². The lowest BCUT2D eigenvalue weighted by atomic mass is 10.1. The molecular weight excluding hydrogens is 236 g/mol. The van der Waals surface area contributed by atoms with Gasteiger partial charge in [0.25, 0.3) is 0 Å². The first-order chi connectivity index (χ1) is 9.38. The van der Waals surface area contributed by atoms with Gasteiger partial charge in [-0.25, -0.2) is 0 Å². The molecule has 4 heteroatoms. The van der Waals surface area contributed by atoms with Crippen LogP contribution in [0.2, 0.25) is 0 Å². The fourth-order valence-corrected chi connectivity index (χ4v) is 1.94. The minimum atomic E-state index is 0.524. The molecule has 2 heterocycles. The summed E-state index contributed by atoms with van der Waals surface area (Å²) < 4.78 is 0. The third-order valence-electron chi connectivity index (χ3n) is 2.85. The van der Waals surface area contributed by atoms with Gasteiger partial charge in [0.1, 0.15) is 6.07 Å². The maximum atomic E-state index is 9.21. The van der Waals surface area contributed by atoms with Crippen molar-refractivity contribution in [1.82, 2.24) is 9.97 Å². The van der Waals surface area contributed by atoms with E-state index in [0.717, 1.165) is 22.3 Å². The first-order valence-electron chi connectivity index (χ1n) is 5.83. The van der Waals surface area contributed by atoms with E-state index in [1.165, 1.54) is 0 Å². The van der Waals surface area contributed by atoms with Crippen molar-refractivity contribution in [2.75, 3.05) is 5.32 Å². The summed E-state index contributed by atoms with van der Waals surface area (Å²) in [7, 11) is 0. The van der Waals surface area contributed by atoms with E-state index in [9.17, 15) is 5.26 Å². The molecule has 0 aliphatic carbocycles. The van der Waals surface area contributed by atoms with Gasteiger partial charge in [0.05, 0.1) is 16.8 Å². The van der Waals surface area contributed by atoms with Crippen molar-refractivity contribution in [2.45, 2.75) is 0 Å². The Morgan fingerprint density at radius 3 is 2.63 bits per heavy atom. The summed E-state index contributed by atoms with van der Waals surface area (Å²) in [6, 6.07) is 13.6. The van der Waals surface area contributed by atoms with Gasteiger partial charge >= 0.3 is 0 Å². The summed E-state index contributed by atoms with van der Waals surface area (Å²) in [4.78, 5) is 8.25. The minimum Gasteiger partial charge on any atom is -0.354 e. The van der Waals surface area contributed by atoms with Crippen LogP contribution in [0.1, 0.15) is 5.56 Å². The van der Waals surface area contributed by atoms with Gasteiger partial charge < -0.3 is 5.32 Å². The summed E-state index contributed by atoms with van der Waals surface area (Å²) in [5.41, 5.74) is 3.05. The van der Waals surface area contributed by atoms with Crippen LogP contribution in [0.25, 0.3) is 10.9 Å². The molecular formula is C15H10N4. The van der Waals surface area contributed by atoms with E-state index >= 15 is 0 Å². The van der Waals surface area contributed by atoms with Crippen molar-refractivity contribution in [3.05, 3.63) is 60.6 Å². The molecule has 0 amide bonds. The van der Waals surface area contributed by atoms with Crippen molar-refractivity contribution in [1.29, 1.82) is 5.26 Å². The predicted molar refractivity (Wildman–Crippen MR) is 74.0 cm³/mol. The lowest BCUT2D eigenvalue weighted by Crippen LogP contribution is -1.96. The molecule has 0 aliphatic rings. The summed E-state index contributed by atoms with van der Waals surface area (Å²) in [5, 5.41) is 13.4. The smallest absolute Gasteiger partial charge is 0.103 e. The average Bonchev–Trinajstić information content (AvgIpc) is 2.49. The number of nitrogens with one attached hydrogen (secondary N) is 1. The summed E-state index contributed by atoms with van der Waals surface area (Å²) in [5.74, 6) is 0. The number of anilines is 2. The van der Waals surface area contributed by atoms with Crippen LogP contribution in [-0.2, 0) is 0 Å². The van der Waals surface area contributed by atoms with E-state index in [1.54, 1.807) is 18.6 Å². The fraction of sp³-hybridized carbons (Fsp3) is 0. The van der Waals surface area contributed by atoms with Gasteiger partial charge in [-0.2, -0.15) is 5.26 Å². The normalized spacial score (nSPS) is 10.1. The molecule has 3 aromatic rings. The Morgan fingerprint density at radius 2 is 1.84 bits per heavy atom. The van der Waals surface area contributed by atoms with Crippen LogP contribution in [0.3, 0.4) is 0 Å². The topological polar surface area (TPSA) is 61.6 Å². The molecule has 0 radical (unpaired) electrons.